The van der Waals surface area contributed by atoms with Gasteiger partial charge in [0.05, 0.1) is 18.2 Å². The second kappa shape index (κ2) is 7.65. The van der Waals surface area contributed by atoms with Crippen LogP contribution in [0, 0.1) is 5.92 Å². The Morgan fingerprint density at radius 1 is 1.00 bits per heavy atom. The van der Waals surface area contributed by atoms with Crippen molar-refractivity contribution in [3.8, 4) is 28.4 Å². The number of hydrogen-bond acceptors (Lipinski definition) is 3. The Kier molecular flexibility index (Phi) is 5.08. The van der Waals surface area contributed by atoms with Gasteiger partial charge < -0.3 is 10.2 Å². The molecule has 4 rings (SSSR count). The second-order valence-electron chi connectivity index (χ2n) is 7.33. The number of hydrogen-bond donors (Lipinski definition) is 2. The molecular formula is C22H23ClN2O2. The molecule has 0 atom stereocenters. The number of imidazole rings is 1. The molecule has 0 spiro atoms. The highest BCUT2D eigenvalue weighted by Gasteiger charge is 2.19. The van der Waals surface area contributed by atoms with E-state index in [1.807, 2.05) is 34.9 Å². The number of phenolic OH excluding ortho intramolecular Hbond substituents is 2. The fourth-order valence-electron chi connectivity index (χ4n) is 3.99. The third kappa shape index (κ3) is 3.81. The number of halogens is 1. The fraction of sp³-hybridized carbons (Fsp3) is 0.318. The molecule has 1 aliphatic carbocycles. The molecule has 0 unspecified atom stereocenters. The van der Waals surface area contributed by atoms with E-state index < -0.39 is 0 Å². The van der Waals surface area contributed by atoms with Gasteiger partial charge in [-0.25, -0.2) is 4.98 Å². The molecule has 3 aromatic rings. The van der Waals surface area contributed by atoms with Gasteiger partial charge in [-0.2, -0.15) is 0 Å². The number of rotatable bonds is 4. The van der Waals surface area contributed by atoms with Gasteiger partial charge in [-0.1, -0.05) is 43.7 Å². The Labute approximate surface area is 164 Å². The minimum atomic E-state index is 0.0515. The number of nitrogens with zero attached hydrogens (tertiary/aromatic N) is 2. The summed E-state index contributed by atoms with van der Waals surface area (Å²) in [7, 11) is 0. The van der Waals surface area contributed by atoms with Crippen LogP contribution in [0.2, 0.25) is 5.02 Å². The molecule has 4 nitrogen and oxygen atoms in total. The second-order valence-corrected chi connectivity index (χ2v) is 7.77. The number of aromatic nitrogens is 2. The van der Waals surface area contributed by atoms with E-state index in [1.54, 1.807) is 12.5 Å². The quantitative estimate of drug-likeness (QED) is 0.606. The molecule has 140 valence electrons. The zero-order valence-electron chi connectivity index (χ0n) is 15.1. The smallest absolute Gasteiger partial charge is 0.128 e. The van der Waals surface area contributed by atoms with E-state index >= 15 is 0 Å². The fourth-order valence-corrected chi connectivity index (χ4v) is 4.12. The van der Waals surface area contributed by atoms with Gasteiger partial charge >= 0.3 is 0 Å². The Balaban J connectivity index is 1.71. The predicted molar refractivity (Wildman–Crippen MR) is 108 cm³/mol. The van der Waals surface area contributed by atoms with Crippen molar-refractivity contribution in [3.63, 3.8) is 0 Å². The third-order valence-corrected chi connectivity index (χ3v) is 5.70. The van der Waals surface area contributed by atoms with Crippen molar-refractivity contribution < 1.29 is 10.2 Å². The monoisotopic (exact) mass is 382 g/mol. The maximum atomic E-state index is 10.5. The van der Waals surface area contributed by atoms with Crippen molar-refractivity contribution in [1.82, 2.24) is 9.55 Å². The van der Waals surface area contributed by atoms with Crippen LogP contribution in [0.3, 0.4) is 0 Å². The van der Waals surface area contributed by atoms with Crippen LogP contribution < -0.4 is 0 Å². The van der Waals surface area contributed by atoms with Crippen molar-refractivity contribution in [3.05, 3.63) is 59.5 Å². The van der Waals surface area contributed by atoms with Crippen LogP contribution in [-0.4, -0.2) is 19.8 Å². The first-order valence-corrected chi connectivity index (χ1v) is 9.83. The molecule has 1 fully saturated rings. The summed E-state index contributed by atoms with van der Waals surface area (Å²) in [5, 5.41) is 21.5. The third-order valence-electron chi connectivity index (χ3n) is 5.45. The molecule has 1 heterocycles. The van der Waals surface area contributed by atoms with E-state index in [9.17, 15) is 10.2 Å². The largest absolute Gasteiger partial charge is 0.508 e. The average molecular weight is 383 g/mol. The van der Waals surface area contributed by atoms with Crippen molar-refractivity contribution in [1.29, 1.82) is 0 Å². The highest BCUT2D eigenvalue weighted by atomic mass is 35.5. The lowest BCUT2D eigenvalue weighted by Gasteiger charge is -2.22. The summed E-state index contributed by atoms with van der Waals surface area (Å²) in [5.41, 5.74) is 3.25. The SMILES string of the molecule is Oc1cc(O)c(-c2cncn2-c2ccc(Cl)cc2)cc1CC1CCCCC1. The molecule has 1 aliphatic rings. The lowest BCUT2D eigenvalue weighted by atomic mass is 9.84. The molecule has 0 aliphatic heterocycles. The highest BCUT2D eigenvalue weighted by Crippen LogP contribution is 2.38. The number of aromatic hydroxyl groups is 2. The molecule has 2 aromatic carbocycles. The Hall–Kier alpha value is -2.46. The molecular weight excluding hydrogens is 360 g/mol. The molecule has 0 amide bonds. The van der Waals surface area contributed by atoms with Crippen LogP contribution >= 0.6 is 11.6 Å². The topological polar surface area (TPSA) is 58.3 Å². The molecule has 0 radical (unpaired) electrons. The molecule has 5 heteroatoms. The molecule has 2 N–H and O–H groups in total. The molecule has 1 saturated carbocycles. The minimum absolute atomic E-state index is 0.0515. The Bertz CT molecular complexity index is 928. The minimum Gasteiger partial charge on any atom is -0.508 e. The summed E-state index contributed by atoms with van der Waals surface area (Å²) in [6, 6.07) is 10.8. The number of phenols is 2. The van der Waals surface area contributed by atoms with Crippen molar-refractivity contribution in [2.75, 3.05) is 0 Å². The zero-order valence-corrected chi connectivity index (χ0v) is 15.9. The predicted octanol–water partition coefficient (Wildman–Crippen LogP) is 5.73. The normalized spacial score (nSPS) is 15.1. The lowest BCUT2D eigenvalue weighted by molar-refractivity contribution is 0.351. The standard InChI is InChI=1S/C22H23ClN2O2/c23-17-6-8-18(9-7-17)25-14-24-13-20(25)19-11-16(21(26)12-22(19)27)10-15-4-2-1-3-5-15/h6-9,11-15,26-27H,1-5,10H2. The average Bonchev–Trinajstić information content (AvgIpc) is 3.15. The summed E-state index contributed by atoms with van der Waals surface area (Å²) in [4.78, 5) is 4.26. The van der Waals surface area contributed by atoms with Crippen LogP contribution in [0.15, 0.2) is 48.9 Å². The van der Waals surface area contributed by atoms with E-state index in [0.717, 1.165) is 23.4 Å². The van der Waals surface area contributed by atoms with E-state index in [4.69, 9.17) is 11.6 Å². The van der Waals surface area contributed by atoms with Gasteiger partial charge in [0.25, 0.3) is 0 Å². The molecule has 1 aromatic heterocycles. The Morgan fingerprint density at radius 2 is 1.74 bits per heavy atom. The van der Waals surface area contributed by atoms with E-state index in [2.05, 4.69) is 4.98 Å². The van der Waals surface area contributed by atoms with Gasteiger partial charge in [0.15, 0.2) is 0 Å². The van der Waals surface area contributed by atoms with Crippen LogP contribution in [0.25, 0.3) is 16.9 Å². The lowest BCUT2D eigenvalue weighted by Crippen LogP contribution is -2.09. The summed E-state index contributed by atoms with van der Waals surface area (Å²) in [6.07, 6.45) is 10.5. The van der Waals surface area contributed by atoms with Gasteiger partial charge in [-0.15, -0.1) is 0 Å². The van der Waals surface area contributed by atoms with E-state index in [-0.39, 0.29) is 11.5 Å². The van der Waals surface area contributed by atoms with Gasteiger partial charge in [0.1, 0.15) is 11.5 Å². The Morgan fingerprint density at radius 3 is 2.48 bits per heavy atom. The first-order valence-electron chi connectivity index (χ1n) is 9.45. The summed E-state index contributed by atoms with van der Waals surface area (Å²) >= 11 is 5.99. The van der Waals surface area contributed by atoms with Crippen LogP contribution in [0.1, 0.15) is 37.7 Å². The van der Waals surface area contributed by atoms with E-state index in [0.29, 0.717) is 16.5 Å². The molecule has 27 heavy (non-hydrogen) atoms. The molecule has 0 bridgehead atoms. The molecule has 0 saturated heterocycles. The summed E-state index contributed by atoms with van der Waals surface area (Å²) in [6.45, 7) is 0. The van der Waals surface area contributed by atoms with Crippen LogP contribution in [0.4, 0.5) is 0 Å². The first-order chi connectivity index (χ1) is 13.1. The van der Waals surface area contributed by atoms with Crippen molar-refractivity contribution in [2.45, 2.75) is 38.5 Å². The van der Waals surface area contributed by atoms with Gasteiger partial charge in [0, 0.05) is 22.3 Å². The van der Waals surface area contributed by atoms with Crippen molar-refractivity contribution >= 4 is 11.6 Å². The van der Waals surface area contributed by atoms with Gasteiger partial charge in [-0.3, -0.25) is 4.57 Å². The maximum Gasteiger partial charge on any atom is 0.128 e. The highest BCUT2D eigenvalue weighted by molar-refractivity contribution is 6.30. The van der Waals surface area contributed by atoms with Gasteiger partial charge in [-0.05, 0) is 48.2 Å². The first kappa shape index (κ1) is 17.9. The van der Waals surface area contributed by atoms with Crippen molar-refractivity contribution in [2.24, 2.45) is 5.92 Å². The van der Waals surface area contributed by atoms with Gasteiger partial charge in [0.2, 0.25) is 0 Å². The summed E-state index contributed by atoms with van der Waals surface area (Å²) in [5.74, 6) is 0.818. The van der Waals surface area contributed by atoms with Crippen LogP contribution in [-0.2, 0) is 6.42 Å². The zero-order chi connectivity index (χ0) is 18.8. The van der Waals surface area contributed by atoms with E-state index in [1.165, 1.54) is 38.2 Å². The summed E-state index contributed by atoms with van der Waals surface area (Å²) < 4.78 is 1.91. The van der Waals surface area contributed by atoms with Crippen LogP contribution in [0.5, 0.6) is 11.5 Å². The number of benzene rings is 2. The maximum absolute atomic E-state index is 10.5.